The van der Waals surface area contributed by atoms with Crippen LogP contribution in [0.15, 0.2) is 77.8 Å². The smallest absolute Gasteiger partial charge is 0.356 e. The lowest BCUT2D eigenvalue weighted by Crippen LogP contribution is -2.31. The fourth-order valence-electron chi connectivity index (χ4n) is 3.20. The highest BCUT2D eigenvalue weighted by Crippen LogP contribution is 2.13. The van der Waals surface area contributed by atoms with Crippen LogP contribution in [0, 0.1) is 0 Å². The monoisotopic (exact) mass is 495 g/mol. The number of ether oxygens (including phenoxy) is 1. The van der Waals surface area contributed by atoms with Crippen molar-refractivity contribution in [1.82, 2.24) is 15.0 Å². The quantitative estimate of drug-likeness (QED) is 0.327. The van der Waals surface area contributed by atoms with Crippen molar-refractivity contribution in [1.29, 1.82) is 0 Å². The van der Waals surface area contributed by atoms with Crippen molar-refractivity contribution in [3.05, 3.63) is 95.3 Å². The van der Waals surface area contributed by atoms with Gasteiger partial charge in [-0.25, -0.2) is 22.9 Å². The summed E-state index contributed by atoms with van der Waals surface area (Å²) in [7, 11) is -3.06. The molecule has 9 nitrogen and oxygen atoms in total. The van der Waals surface area contributed by atoms with Crippen LogP contribution in [0.2, 0.25) is 0 Å². The zero-order valence-electron chi connectivity index (χ0n) is 19.1. The number of unbranched alkanes of at least 4 members (excludes halogenated alkanes) is 1. The van der Waals surface area contributed by atoms with Crippen LogP contribution in [-0.2, 0) is 21.2 Å². The number of carbonyl (C=O) groups is 3. The van der Waals surface area contributed by atoms with Crippen LogP contribution >= 0.6 is 0 Å². The number of pyridine rings is 1. The third kappa shape index (κ3) is 7.21. The summed E-state index contributed by atoms with van der Waals surface area (Å²) in [5, 5.41) is 2.78. The predicted molar refractivity (Wildman–Crippen MR) is 128 cm³/mol. The van der Waals surface area contributed by atoms with Crippen LogP contribution in [-0.4, -0.2) is 44.8 Å². The molecular formula is C25H25N3O6S. The number of benzene rings is 2. The van der Waals surface area contributed by atoms with Gasteiger partial charge >= 0.3 is 5.97 Å². The Kier molecular flexibility index (Phi) is 8.69. The minimum absolute atomic E-state index is 0.0225. The lowest BCUT2D eigenvalue weighted by molar-refractivity contribution is 0.0593. The molecule has 0 atom stereocenters. The Bertz CT molecular complexity index is 1290. The van der Waals surface area contributed by atoms with E-state index >= 15 is 0 Å². The van der Waals surface area contributed by atoms with Gasteiger partial charge in [0.25, 0.3) is 21.8 Å². The van der Waals surface area contributed by atoms with E-state index in [4.69, 9.17) is 0 Å². The number of nitrogens with one attached hydrogen (secondary N) is 2. The lowest BCUT2D eigenvalue weighted by atomic mass is 10.1. The molecule has 35 heavy (non-hydrogen) atoms. The van der Waals surface area contributed by atoms with E-state index in [0.717, 1.165) is 25.5 Å². The van der Waals surface area contributed by atoms with Crippen LogP contribution in [0.5, 0.6) is 0 Å². The lowest BCUT2D eigenvalue weighted by Gasteiger charge is -2.09. The van der Waals surface area contributed by atoms with E-state index < -0.39 is 27.8 Å². The Morgan fingerprint density at radius 2 is 1.66 bits per heavy atom. The molecule has 3 aromatic rings. The van der Waals surface area contributed by atoms with Gasteiger partial charge in [0.15, 0.2) is 0 Å². The highest BCUT2D eigenvalue weighted by Gasteiger charge is 2.21. The van der Waals surface area contributed by atoms with E-state index in [9.17, 15) is 22.8 Å². The molecule has 0 aliphatic carbocycles. The number of aromatic nitrogens is 1. The van der Waals surface area contributed by atoms with E-state index in [-0.39, 0.29) is 21.7 Å². The first kappa shape index (κ1) is 25.6. The van der Waals surface area contributed by atoms with Crippen LogP contribution in [0.25, 0.3) is 0 Å². The van der Waals surface area contributed by atoms with Crippen molar-refractivity contribution in [3.8, 4) is 0 Å². The van der Waals surface area contributed by atoms with E-state index in [0.29, 0.717) is 6.54 Å². The molecule has 10 heteroatoms. The van der Waals surface area contributed by atoms with E-state index in [1.165, 1.54) is 49.1 Å². The SMILES string of the molecule is COC(=O)c1ccc(C(=O)NS(=O)(=O)c2cccc(C(=O)NCCCCc3ccccc3)c2)cn1. The van der Waals surface area contributed by atoms with E-state index in [1.807, 2.05) is 22.9 Å². The molecule has 0 radical (unpaired) electrons. The van der Waals surface area contributed by atoms with Gasteiger partial charge in [-0.15, -0.1) is 0 Å². The Morgan fingerprint density at radius 1 is 0.886 bits per heavy atom. The van der Waals surface area contributed by atoms with Gasteiger partial charge in [-0.3, -0.25) is 9.59 Å². The van der Waals surface area contributed by atoms with Gasteiger partial charge in [0.2, 0.25) is 0 Å². The highest BCUT2D eigenvalue weighted by atomic mass is 32.2. The highest BCUT2D eigenvalue weighted by molar-refractivity contribution is 7.90. The minimum atomic E-state index is -4.25. The summed E-state index contributed by atoms with van der Waals surface area (Å²) in [5.74, 6) is -2.02. The Balaban J connectivity index is 1.56. The number of hydrogen-bond acceptors (Lipinski definition) is 7. The summed E-state index contributed by atoms with van der Waals surface area (Å²) in [5.41, 5.74) is 1.30. The van der Waals surface area contributed by atoms with Gasteiger partial charge in [-0.1, -0.05) is 36.4 Å². The van der Waals surface area contributed by atoms with Gasteiger partial charge in [-0.05, 0) is 55.2 Å². The van der Waals surface area contributed by atoms with Crippen LogP contribution in [0.3, 0.4) is 0 Å². The zero-order valence-corrected chi connectivity index (χ0v) is 19.9. The summed E-state index contributed by atoms with van der Waals surface area (Å²) in [6, 6.07) is 17.9. The molecule has 0 saturated heterocycles. The molecular weight excluding hydrogens is 470 g/mol. The van der Waals surface area contributed by atoms with Crippen molar-refractivity contribution >= 4 is 27.8 Å². The number of methoxy groups -OCH3 is 1. The van der Waals surface area contributed by atoms with Gasteiger partial charge in [0.05, 0.1) is 17.6 Å². The molecule has 0 spiro atoms. The fourth-order valence-corrected chi connectivity index (χ4v) is 4.22. The Labute approximate surface area is 203 Å². The summed E-state index contributed by atoms with van der Waals surface area (Å²) in [4.78, 5) is 39.8. The zero-order chi connectivity index (χ0) is 25.3. The molecule has 2 aromatic carbocycles. The average molecular weight is 496 g/mol. The second-order valence-electron chi connectivity index (χ2n) is 7.58. The van der Waals surface area contributed by atoms with Gasteiger partial charge in [0, 0.05) is 18.3 Å². The third-order valence-corrected chi connectivity index (χ3v) is 6.40. The van der Waals surface area contributed by atoms with Crippen LogP contribution < -0.4 is 10.0 Å². The third-order valence-electron chi connectivity index (χ3n) is 5.07. The number of sulfonamides is 1. The number of hydrogen-bond donors (Lipinski definition) is 2. The first-order valence-electron chi connectivity index (χ1n) is 10.8. The normalized spacial score (nSPS) is 10.9. The van der Waals surface area contributed by atoms with Crippen molar-refractivity contribution < 1.29 is 27.5 Å². The van der Waals surface area contributed by atoms with Crippen molar-refractivity contribution in [2.45, 2.75) is 24.2 Å². The number of esters is 1. The van der Waals surface area contributed by atoms with Crippen molar-refractivity contribution in [2.75, 3.05) is 13.7 Å². The molecule has 0 aliphatic rings. The molecule has 0 aliphatic heterocycles. The standard InChI is InChI=1S/C25H25N3O6S/c1-34-25(31)22-14-13-20(17-27-22)24(30)28-35(32,33)21-12-7-11-19(16-21)23(29)26-15-6-5-10-18-8-3-2-4-9-18/h2-4,7-9,11-14,16-17H,5-6,10,15H2,1H3,(H,26,29)(H,28,30). The number of amides is 2. The van der Waals surface area contributed by atoms with Gasteiger partial charge in [0.1, 0.15) is 5.69 Å². The summed E-state index contributed by atoms with van der Waals surface area (Å²) >= 11 is 0. The fraction of sp³-hybridized carbons (Fsp3) is 0.200. The van der Waals surface area contributed by atoms with Crippen LogP contribution in [0.1, 0.15) is 49.6 Å². The number of carbonyl (C=O) groups excluding carboxylic acids is 3. The molecule has 182 valence electrons. The molecule has 0 fully saturated rings. The van der Waals surface area contributed by atoms with Crippen molar-refractivity contribution in [3.63, 3.8) is 0 Å². The topological polar surface area (TPSA) is 132 Å². The molecule has 3 rings (SSSR count). The molecule has 2 amide bonds. The minimum Gasteiger partial charge on any atom is -0.464 e. The Morgan fingerprint density at radius 3 is 2.34 bits per heavy atom. The summed E-state index contributed by atoms with van der Waals surface area (Å²) < 4.78 is 31.8. The van der Waals surface area contributed by atoms with Crippen molar-refractivity contribution in [2.24, 2.45) is 0 Å². The second-order valence-corrected chi connectivity index (χ2v) is 9.27. The molecule has 1 aromatic heterocycles. The van der Waals surface area contributed by atoms with Crippen LogP contribution in [0.4, 0.5) is 0 Å². The maximum Gasteiger partial charge on any atom is 0.356 e. The molecule has 0 unspecified atom stereocenters. The Hall–Kier alpha value is -4.05. The van der Waals surface area contributed by atoms with E-state index in [2.05, 4.69) is 27.2 Å². The number of aryl methyl sites for hydroxylation is 1. The summed E-state index contributed by atoms with van der Waals surface area (Å²) in [6.45, 7) is 0.452. The molecule has 0 saturated carbocycles. The average Bonchev–Trinajstić information content (AvgIpc) is 2.88. The maximum atomic E-state index is 12.7. The number of rotatable bonds is 10. The predicted octanol–water partition coefficient (Wildman–Crippen LogP) is 2.74. The van der Waals surface area contributed by atoms with Gasteiger partial charge in [-0.2, -0.15) is 0 Å². The summed E-state index contributed by atoms with van der Waals surface area (Å²) in [6.07, 6.45) is 3.65. The second kappa shape index (κ2) is 11.9. The molecule has 0 bridgehead atoms. The molecule has 2 N–H and O–H groups in total. The van der Waals surface area contributed by atoms with Gasteiger partial charge < -0.3 is 10.1 Å². The first-order chi connectivity index (χ1) is 16.8. The first-order valence-corrected chi connectivity index (χ1v) is 12.3. The van der Waals surface area contributed by atoms with E-state index in [1.54, 1.807) is 0 Å². The maximum absolute atomic E-state index is 12.7. The largest absolute Gasteiger partial charge is 0.464 e. The number of nitrogens with zero attached hydrogens (tertiary/aromatic N) is 1. The molecule has 1 heterocycles.